The highest BCUT2D eigenvalue weighted by molar-refractivity contribution is 5.98. The lowest BCUT2D eigenvalue weighted by Crippen LogP contribution is -2.26. The van der Waals surface area contributed by atoms with Crippen molar-refractivity contribution in [1.29, 1.82) is 0 Å². The first kappa shape index (κ1) is 12.0. The van der Waals surface area contributed by atoms with Crippen LogP contribution in [-0.2, 0) is 0 Å². The largest absolute Gasteiger partial charge is 0.508 e. The average Bonchev–Trinajstić information content (AvgIpc) is 2.26. The number of hydrogen-bond acceptors (Lipinski definition) is 4. The molecule has 0 aliphatic heterocycles. The molecule has 0 saturated carbocycles. The molecule has 0 bridgehead atoms. The molecule has 0 atom stereocenters. The molecule has 0 saturated heterocycles. The summed E-state index contributed by atoms with van der Waals surface area (Å²) in [5.74, 6) is -0.649. The standard InChI is InChI=1S/C10H12N2O4/c1-3-11(2)10(14)8-6-7(13)4-5-9(8)12(15)16/h4-6,13H,3H2,1-2H3. The molecular weight excluding hydrogens is 212 g/mol. The predicted molar refractivity (Wildman–Crippen MR) is 57.4 cm³/mol. The lowest BCUT2D eigenvalue weighted by Gasteiger charge is -2.14. The Kier molecular flexibility index (Phi) is 3.44. The first-order chi connectivity index (χ1) is 7.47. The van der Waals surface area contributed by atoms with E-state index in [1.54, 1.807) is 6.92 Å². The van der Waals surface area contributed by atoms with Crippen LogP contribution in [0.15, 0.2) is 18.2 Å². The zero-order chi connectivity index (χ0) is 12.3. The Morgan fingerprint density at radius 3 is 2.69 bits per heavy atom. The Morgan fingerprint density at radius 2 is 2.19 bits per heavy atom. The van der Waals surface area contributed by atoms with Crippen molar-refractivity contribution in [3.63, 3.8) is 0 Å². The van der Waals surface area contributed by atoms with Crippen LogP contribution >= 0.6 is 0 Å². The maximum absolute atomic E-state index is 11.8. The van der Waals surface area contributed by atoms with Crippen LogP contribution in [-0.4, -0.2) is 34.4 Å². The molecule has 0 radical (unpaired) electrons. The zero-order valence-electron chi connectivity index (χ0n) is 9.01. The van der Waals surface area contributed by atoms with E-state index >= 15 is 0 Å². The van der Waals surface area contributed by atoms with Crippen LogP contribution in [0.5, 0.6) is 5.75 Å². The van der Waals surface area contributed by atoms with Gasteiger partial charge in [-0.05, 0) is 19.1 Å². The molecule has 0 aliphatic rings. The highest BCUT2D eigenvalue weighted by Crippen LogP contribution is 2.24. The fourth-order valence-corrected chi connectivity index (χ4v) is 1.20. The first-order valence-corrected chi connectivity index (χ1v) is 4.70. The molecule has 0 unspecified atom stereocenters. The van der Waals surface area contributed by atoms with Crippen LogP contribution in [0.4, 0.5) is 5.69 Å². The summed E-state index contributed by atoms with van der Waals surface area (Å²) in [6, 6.07) is 3.40. The molecule has 1 rings (SSSR count). The van der Waals surface area contributed by atoms with E-state index in [1.807, 2.05) is 0 Å². The fraction of sp³-hybridized carbons (Fsp3) is 0.300. The number of carbonyl (C=O) groups excluding carboxylic acids is 1. The van der Waals surface area contributed by atoms with E-state index in [2.05, 4.69) is 0 Å². The first-order valence-electron chi connectivity index (χ1n) is 4.70. The highest BCUT2D eigenvalue weighted by atomic mass is 16.6. The van der Waals surface area contributed by atoms with Gasteiger partial charge in [0.25, 0.3) is 11.6 Å². The van der Waals surface area contributed by atoms with Gasteiger partial charge in [0.05, 0.1) is 4.92 Å². The van der Waals surface area contributed by atoms with Gasteiger partial charge in [0.1, 0.15) is 11.3 Å². The van der Waals surface area contributed by atoms with E-state index in [0.29, 0.717) is 6.54 Å². The minimum Gasteiger partial charge on any atom is -0.508 e. The Bertz CT molecular complexity index is 431. The van der Waals surface area contributed by atoms with Crippen LogP contribution in [0, 0.1) is 10.1 Å². The number of nitro groups is 1. The molecule has 0 heterocycles. The zero-order valence-corrected chi connectivity index (χ0v) is 9.01. The van der Waals surface area contributed by atoms with E-state index in [1.165, 1.54) is 18.0 Å². The quantitative estimate of drug-likeness (QED) is 0.621. The van der Waals surface area contributed by atoms with Crippen LogP contribution in [0.3, 0.4) is 0 Å². The monoisotopic (exact) mass is 224 g/mol. The number of aromatic hydroxyl groups is 1. The summed E-state index contributed by atoms with van der Waals surface area (Å²) >= 11 is 0. The minimum atomic E-state index is -0.643. The second-order valence-electron chi connectivity index (χ2n) is 3.28. The third-order valence-corrected chi connectivity index (χ3v) is 2.23. The van der Waals surface area contributed by atoms with Gasteiger partial charge in [-0.3, -0.25) is 14.9 Å². The van der Waals surface area contributed by atoms with Gasteiger partial charge in [-0.15, -0.1) is 0 Å². The van der Waals surface area contributed by atoms with Gasteiger partial charge >= 0.3 is 0 Å². The van der Waals surface area contributed by atoms with E-state index < -0.39 is 10.8 Å². The second kappa shape index (κ2) is 4.61. The summed E-state index contributed by atoms with van der Waals surface area (Å²) in [5.41, 5.74) is -0.405. The summed E-state index contributed by atoms with van der Waals surface area (Å²) in [6.45, 7) is 2.19. The molecule has 1 aromatic rings. The van der Waals surface area contributed by atoms with E-state index in [-0.39, 0.29) is 17.0 Å². The third-order valence-electron chi connectivity index (χ3n) is 2.23. The molecule has 0 fully saturated rings. The topological polar surface area (TPSA) is 83.7 Å². The Morgan fingerprint density at radius 1 is 1.56 bits per heavy atom. The molecule has 1 amide bonds. The van der Waals surface area contributed by atoms with Gasteiger partial charge in [0.15, 0.2) is 0 Å². The number of hydrogen-bond donors (Lipinski definition) is 1. The lowest BCUT2D eigenvalue weighted by atomic mass is 10.1. The molecular formula is C10H12N2O4. The molecule has 1 N–H and O–H groups in total. The fourth-order valence-electron chi connectivity index (χ4n) is 1.20. The molecule has 86 valence electrons. The molecule has 1 aromatic carbocycles. The molecule has 0 spiro atoms. The number of amides is 1. The molecule has 16 heavy (non-hydrogen) atoms. The summed E-state index contributed by atoms with van der Waals surface area (Å²) in [4.78, 5) is 23.2. The molecule has 6 heteroatoms. The van der Waals surface area contributed by atoms with Gasteiger partial charge in [-0.2, -0.15) is 0 Å². The summed E-state index contributed by atoms with van der Waals surface area (Å²) in [6.07, 6.45) is 0. The van der Waals surface area contributed by atoms with E-state index in [4.69, 9.17) is 0 Å². The minimum absolute atomic E-state index is 0.102. The Balaban J connectivity index is 3.24. The average molecular weight is 224 g/mol. The number of carbonyl (C=O) groups is 1. The molecule has 6 nitrogen and oxygen atoms in total. The number of nitrogens with zero attached hydrogens (tertiary/aromatic N) is 2. The number of rotatable bonds is 3. The van der Waals surface area contributed by atoms with Crippen molar-refractivity contribution in [3.05, 3.63) is 33.9 Å². The van der Waals surface area contributed by atoms with Gasteiger partial charge < -0.3 is 10.0 Å². The van der Waals surface area contributed by atoms with Crippen LogP contribution in [0.2, 0.25) is 0 Å². The number of nitro benzene ring substituents is 1. The SMILES string of the molecule is CCN(C)C(=O)c1cc(O)ccc1[N+](=O)[O-]. The predicted octanol–water partition coefficient (Wildman–Crippen LogP) is 1.39. The van der Waals surface area contributed by atoms with E-state index in [0.717, 1.165) is 12.1 Å². The van der Waals surface area contributed by atoms with Crippen molar-refractivity contribution in [3.8, 4) is 5.75 Å². The van der Waals surface area contributed by atoms with Gasteiger partial charge in [0, 0.05) is 19.7 Å². The molecule has 0 aliphatic carbocycles. The Hall–Kier alpha value is -2.11. The number of phenols is 1. The van der Waals surface area contributed by atoms with Crippen molar-refractivity contribution in [1.82, 2.24) is 4.90 Å². The van der Waals surface area contributed by atoms with Crippen molar-refractivity contribution in [2.24, 2.45) is 0 Å². The highest BCUT2D eigenvalue weighted by Gasteiger charge is 2.22. The number of phenolic OH excluding ortho intramolecular Hbond substituents is 1. The summed E-state index contributed by atoms with van der Waals surface area (Å²) in [7, 11) is 1.54. The third kappa shape index (κ3) is 2.28. The number of benzene rings is 1. The Labute approximate surface area is 92.3 Å². The van der Waals surface area contributed by atoms with Gasteiger partial charge in [0.2, 0.25) is 0 Å². The molecule has 0 aromatic heterocycles. The van der Waals surface area contributed by atoms with Crippen molar-refractivity contribution >= 4 is 11.6 Å². The van der Waals surface area contributed by atoms with Crippen LogP contribution in [0.25, 0.3) is 0 Å². The smallest absolute Gasteiger partial charge is 0.282 e. The lowest BCUT2D eigenvalue weighted by molar-refractivity contribution is -0.385. The maximum Gasteiger partial charge on any atom is 0.282 e. The van der Waals surface area contributed by atoms with Crippen molar-refractivity contribution in [2.45, 2.75) is 6.92 Å². The maximum atomic E-state index is 11.8. The van der Waals surface area contributed by atoms with E-state index in [9.17, 15) is 20.0 Å². The van der Waals surface area contributed by atoms with Crippen LogP contribution in [0.1, 0.15) is 17.3 Å². The van der Waals surface area contributed by atoms with Gasteiger partial charge in [-0.25, -0.2) is 0 Å². The van der Waals surface area contributed by atoms with Crippen LogP contribution < -0.4 is 0 Å². The normalized spacial score (nSPS) is 9.88. The summed E-state index contributed by atoms with van der Waals surface area (Å²) < 4.78 is 0. The van der Waals surface area contributed by atoms with Crippen molar-refractivity contribution in [2.75, 3.05) is 13.6 Å². The van der Waals surface area contributed by atoms with Crippen molar-refractivity contribution < 1.29 is 14.8 Å². The summed E-state index contributed by atoms with van der Waals surface area (Å²) in [5, 5.41) is 19.9. The van der Waals surface area contributed by atoms with Gasteiger partial charge in [-0.1, -0.05) is 0 Å². The second-order valence-corrected chi connectivity index (χ2v) is 3.28.